The van der Waals surface area contributed by atoms with E-state index in [0.29, 0.717) is 11.6 Å². The van der Waals surface area contributed by atoms with E-state index in [-0.39, 0.29) is 0 Å². The fourth-order valence-corrected chi connectivity index (χ4v) is 3.26. The van der Waals surface area contributed by atoms with E-state index < -0.39 is 5.97 Å². The molecule has 0 bridgehead atoms. The van der Waals surface area contributed by atoms with Crippen LogP contribution in [0.2, 0.25) is 0 Å². The Balaban J connectivity index is 1.94. The highest BCUT2D eigenvalue weighted by Gasteiger charge is 2.20. The standard InChI is InChI=1S/C14H19NO2S/c1-18-13-4-2-3-12(9-13)15-11-7-5-10(6-8-11)14(16)17/h5-8,12-13,15H,2-4,9H2,1H3,(H,16,17). The lowest BCUT2D eigenvalue weighted by Crippen LogP contribution is -2.28. The van der Waals surface area contributed by atoms with Crippen molar-refractivity contribution in [1.82, 2.24) is 0 Å². The largest absolute Gasteiger partial charge is 0.478 e. The maximum Gasteiger partial charge on any atom is 0.335 e. The maximum atomic E-state index is 10.8. The smallest absolute Gasteiger partial charge is 0.335 e. The molecule has 18 heavy (non-hydrogen) atoms. The molecule has 0 aromatic heterocycles. The Hall–Kier alpha value is -1.16. The molecule has 0 amide bonds. The van der Waals surface area contributed by atoms with Crippen LogP contribution in [0.3, 0.4) is 0 Å². The van der Waals surface area contributed by atoms with Crippen LogP contribution in [-0.4, -0.2) is 28.6 Å². The highest BCUT2D eigenvalue weighted by molar-refractivity contribution is 7.99. The molecule has 2 N–H and O–H groups in total. The van der Waals surface area contributed by atoms with Crippen molar-refractivity contribution in [2.45, 2.75) is 37.0 Å². The zero-order valence-electron chi connectivity index (χ0n) is 10.6. The number of nitrogens with one attached hydrogen (secondary N) is 1. The third-order valence-electron chi connectivity index (χ3n) is 3.46. The zero-order valence-corrected chi connectivity index (χ0v) is 11.4. The molecule has 0 heterocycles. The number of rotatable bonds is 4. The van der Waals surface area contributed by atoms with Gasteiger partial charge in [0, 0.05) is 17.0 Å². The van der Waals surface area contributed by atoms with Gasteiger partial charge in [0.1, 0.15) is 0 Å². The summed E-state index contributed by atoms with van der Waals surface area (Å²) in [6.45, 7) is 0. The summed E-state index contributed by atoms with van der Waals surface area (Å²) in [5, 5.41) is 13.1. The van der Waals surface area contributed by atoms with Gasteiger partial charge in [0.2, 0.25) is 0 Å². The van der Waals surface area contributed by atoms with E-state index >= 15 is 0 Å². The highest BCUT2D eigenvalue weighted by Crippen LogP contribution is 2.28. The number of benzene rings is 1. The molecule has 2 atom stereocenters. The van der Waals surface area contributed by atoms with Crippen molar-refractivity contribution < 1.29 is 9.90 Å². The Morgan fingerprint density at radius 2 is 2.06 bits per heavy atom. The van der Waals surface area contributed by atoms with Crippen LogP contribution >= 0.6 is 11.8 Å². The molecule has 1 aliphatic carbocycles. The van der Waals surface area contributed by atoms with Crippen LogP contribution in [0.25, 0.3) is 0 Å². The second kappa shape index (κ2) is 6.14. The summed E-state index contributed by atoms with van der Waals surface area (Å²) >= 11 is 1.95. The van der Waals surface area contributed by atoms with Gasteiger partial charge in [-0.15, -0.1) is 0 Å². The molecule has 1 fully saturated rings. The summed E-state index contributed by atoms with van der Waals surface area (Å²) in [5.41, 5.74) is 1.36. The van der Waals surface area contributed by atoms with E-state index in [9.17, 15) is 4.79 Å². The van der Waals surface area contributed by atoms with Gasteiger partial charge in [-0.3, -0.25) is 0 Å². The lowest BCUT2D eigenvalue weighted by Gasteiger charge is -2.29. The fourth-order valence-electron chi connectivity index (χ4n) is 2.43. The zero-order chi connectivity index (χ0) is 13.0. The molecule has 3 nitrogen and oxygen atoms in total. The number of thioether (sulfide) groups is 1. The topological polar surface area (TPSA) is 49.3 Å². The summed E-state index contributed by atoms with van der Waals surface area (Å²) < 4.78 is 0. The second-order valence-electron chi connectivity index (χ2n) is 4.75. The molecule has 0 radical (unpaired) electrons. The number of carboxylic acids is 1. The van der Waals surface area contributed by atoms with Gasteiger partial charge in [-0.05, 0) is 49.8 Å². The molecule has 1 aromatic rings. The molecule has 0 aliphatic heterocycles. The Bertz CT molecular complexity index is 405. The average molecular weight is 265 g/mol. The molecule has 0 saturated heterocycles. The van der Waals surface area contributed by atoms with Gasteiger partial charge in [-0.2, -0.15) is 11.8 Å². The first-order valence-corrected chi connectivity index (χ1v) is 7.60. The first kappa shape index (κ1) is 13.3. The van der Waals surface area contributed by atoms with Gasteiger partial charge in [0.05, 0.1) is 5.56 Å². The Labute approximate surface area is 112 Å². The molecule has 1 aliphatic rings. The molecule has 1 saturated carbocycles. The SMILES string of the molecule is CSC1CCCC(Nc2ccc(C(=O)O)cc2)C1. The summed E-state index contributed by atoms with van der Waals surface area (Å²) in [4.78, 5) is 10.8. The Morgan fingerprint density at radius 1 is 1.33 bits per heavy atom. The minimum Gasteiger partial charge on any atom is -0.478 e. The van der Waals surface area contributed by atoms with E-state index in [1.165, 1.54) is 25.7 Å². The van der Waals surface area contributed by atoms with Crippen LogP contribution in [0.1, 0.15) is 36.0 Å². The van der Waals surface area contributed by atoms with Crippen LogP contribution in [0, 0.1) is 0 Å². The van der Waals surface area contributed by atoms with Gasteiger partial charge in [0.15, 0.2) is 0 Å². The van der Waals surface area contributed by atoms with Crippen LogP contribution in [0.4, 0.5) is 5.69 Å². The predicted molar refractivity (Wildman–Crippen MR) is 76.6 cm³/mol. The van der Waals surface area contributed by atoms with E-state index in [2.05, 4.69) is 11.6 Å². The number of carbonyl (C=O) groups is 1. The Morgan fingerprint density at radius 3 is 2.67 bits per heavy atom. The minimum absolute atomic E-state index is 0.339. The first-order chi connectivity index (χ1) is 8.69. The van der Waals surface area contributed by atoms with Gasteiger partial charge < -0.3 is 10.4 Å². The second-order valence-corrected chi connectivity index (χ2v) is 5.89. The van der Waals surface area contributed by atoms with Gasteiger partial charge >= 0.3 is 5.97 Å². The summed E-state index contributed by atoms with van der Waals surface area (Å²) in [7, 11) is 0. The van der Waals surface area contributed by atoms with Gasteiger partial charge in [0.25, 0.3) is 0 Å². The number of carboxylic acid groups (broad SMARTS) is 1. The van der Waals surface area contributed by atoms with Crippen molar-refractivity contribution in [1.29, 1.82) is 0 Å². The highest BCUT2D eigenvalue weighted by atomic mass is 32.2. The molecule has 0 spiro atoms. The maximum absolute atomic E-state index is 10.8. The van der Waals surface area contributed by atoms with E-state index in [4.69, 9.17) is 5.11 Å². The number of anilines is 1. The van der Waals surface area contributed by atoms with Crippen molar-refractivity contribution in [3.63, 3.8) is 0 Å². The molecule has 2 rings (SSSR count). The number of hydrogen-bond donors (Lipinski definition) is 2. The van der Waals surface area contributed by atoms with Gasteiger partial charge in [-0.25, -0.2) is 4.79 Å². The quantitative estimate of drug-likeness (QED) is 0.875. The van der Waals surface area contributed by atoms with Crippen LogP contribution in [-0.2, 0) is 0 Å². The van der Waals surface area contributed by atoms with Crippen molar-refractivity contribution in [3.8, 4) is 0 Å². The first-order valence-electron chi connectivity index (χ1n) is 6.31. The molecule has 1 aromatic carbocycles. The number of aromatic carboxylic acids is 1. The molecule has 98 valence electrons. The molecule has 4 heteroatoms. The molecule has 2 unspecified atom stereocenters. The van der Waals surface area contributed by atoms with E-state index in [1.807, 2.05) is 23.9 Å². The van der Waals surface area contributed by atoms with Crippen molar-refractivity contribution in [3.05, 3.63) is 29.8 Å². The molecular weight excluding hydrogens is 246 g/mol. The van der Waals surface area contributed by atoms with Crippen LogP contribution in [0.15, 0.2) is 24.3 Å². The third kappa shape index (κ3) is 3.42. The normalized spacial score (nSPS) is 23.6. The van der Waals surface area contributed by atoms with Crippen LogP contribution in [0.5, 0.6) is 0 Å². The fraction of sp³-hybridized carbons (Fsp3) is 0.500. The van der Waals surface area contributed by atoms with Crippen molar-refractivity contribution in [2.75, 3.05) is 11.6 Å². The average Bonchev–Trinajstić information content (AvgIpc) is 2.39. The third-order valence-corrected chi connectivity index (χ3v) is 4.56. The van der Waals surface area contributed by atoms with Crippen LogP contribution < -0.4 is 5.32 Å². The van der Waals surface area contributed by atoms with Crippen molar-refractivity contribution >= 4 is 23.4 Å². The van der Waals surface area contributed by atoms with E-state index in [0.717, 1.165) is 10.9 Å². The van der Waals surface area contributed by atoms with E-state index in [1.54, 1.807) is 12.1 Å². The summed E-state index contributed by atoms with van der Waals surface area (Å²) in [6.07, 6.45) is 7.17. The monoisotopic (exact) mass is 265 g/mol. The van der Waals surface area contributed by atoms with Gasteiger partial charge in [-0.1, -0.05) is 6.42 Å². The Kier molecular flexibility index (Phi) is 4.53. The lowest BCUT2D eigenvalue weighted by molar-refractivity contribution is 0.0697. The predicted octanol–water partition coefficient (Wildman–Crippen LogP) is 3.47. The summed E-state index contributed by atoms with van der Waals surface area (Å²) in [6, 6.07) is 7.53. The number of hydrogen-bond acceptors (Lipinski definition) is 3. The van der Waals surface area contributed by atoms with Crippen molar-refractivity contribution in [2.24, 2.45) is 0 Å². The summed E-state index contributed by atoms with van der Waals surface area (Å²) in [5.74, 6) is -0.873. The molecular formula is C14H19NO2S. The minimum atomic E-state index is -0.873. The lowest BCUT2D eigenvalue weighted by atomic mass is 9.94.